The zero-order valence-corrected chi connectivity index (χ0v) is 13.0. The van der Waals surface area contributed by atoms with Crippen molar-refractivity contribution in [3.8, 4) is 0 Å². The number of hydrogen-bond donors (Lipinski definition) is 3. The average Bonchev–Trinajstić information content (AvgIpc) is 2.63. The van der Waals surface area contributed by atoms with Gasteiger partial charge in [-0.25, -0.2) is 9.78 Å². The van der Waals surface area contributed by atoms with E-state index in [0.29, 0.717) is 6.54 Å². The molecular weight excluding hydrogens is 262 g/mol. The Kier molecular flexibility index (Phi) is 5.31. The first-order chi connectivity index (χ1) is 8.72. The summed E-state index contributed by atoms with van der Waals surface area (Å²) in [4.78, 5) is 17.1. The molecule has 0 spiro atoms. The molecule has 0 radical (unpaired) electrons. The summed E-state index contributed by atoms with van der Waals surface area (Å²) in [5, 5.41) is 16.3. The van der Waals surface area contributed by atoms with E-state index in [0.717, 1.165) is 10.7 Å². The second-order valence-corrected chi connectivity index (χ2v) is 6.59. The van der Waals surface area contributed by atoms with Gasteiger partial charge in [0, 0.05) is 11.4 Å². The van der Waals surface area contributed by atoms with Gasteiger partial charge in [0.15, 0.2) is 0 Å². The zero-order chi connectivity index (χ0) is 14.6. The number of rotatable bonds is 5. The van der Waals surface area contributed by atoms with Crippen molar-refractivity contribution in [2.45, 2.75) is 46.8 Å². The van der Waals surface area contributed by atoms with Crippen molar-refractivity contribution < 1.29 is 9.90 Å². The molecule has 3 N–H and O–H groups in total. The molecule has 1 atom stereocenters. The second-order valence-electron chi connectivity index (χ2n) is 5.30. The van der Waals surface area contributed by atoms with E-state index in [1.165, 1.54) is 4.88 Å². The third-order valence-electron chi connectivity index (χ3n) is 3.32. The molecule has 0 bridgehead atoms. The van der Waals surface area contributed by atoms with Gasteiger partial charge in [0.1, 0.15) is 5.01 Å². The van der Waals surface area contributed by atoms with Crippen LogP contribution >= 0.6 is 11.3 Å². The van der Waals surface area contributed by atoms with E-state index in [9.17, 15) is 9.90 Å². The number of carbonyl (C=O) groups is 1. The molecule has 2 amide bonds. The minimum absolute atomic E-state index is 0.0806. The number of amides is 2. The van der Waals surface area contributed by atoms with Gasteiger partial charge in [0.25, 0.3) is 0 Å². The number of nitrogens with one attached hydrogen (secondary N) is 2. The van der Waals surface area contributed by atoms with Crippen LogP contribution in [0.3, 0.4) is 0 Å². The fourth-order valence-corrected chi connectivity index (χ4v) is 2.17. The van der Waals surface area contributed by atoms with Crippen LogP contribution in [-0.4, -0.2) is 28.3 Å². The smallest absolute Gasteiger partial charge is 0.315 e. The highest BCUT2D eigenvalue weighted by atomic mass is 32.1. The standard InChI is InChI=1S/C13H23N3O2S/c1-8(2)13(5,18)7-15-12(17)14-6-11-16-9(3)10(4)19-11/h8,18H,6-7H2,1-5H3,(H2,14,15,17). The summed E-state index contributed by atoms with van der Waals surface area (Å²) in [6, 6.07) is -0.286. The van der Waals surface area contributed by atoms with Crippen molar-refractivity contribution >= 4 is 17.4 Å². The maximum atomic E-state index is 11.6. The van der Waals surface area contributed by atoms with Gasteiger partial charge in [0.2, 0.25) is 0 Å². The number of urea groups is 1. The highest BCUT2D eigenvalue weighted by molar-refractivity contribution is 7.11. The molecule has 1 aromatic rings. The molecule has 0 fully saturated rings. The average molecular weight is 285 g/mol. The van der Waals surface area contributed by atoms with Crippen molar-refractivity contribution in [1.29, 1.82) is 0 Å². The molecule has 0 aliphatic rings. The molecule has 0 saturated carbocycles. The first-order valence-electron chi connectivity index (χ1n) is 6.39. The summed E-state index contributed by atoms with van der Waals surface area (Å²) in [7, 11) is 0. The molecule has 5 nitrogen and oxygen atoms in total. The first-order valence-corrected chi connectivity index (χ1v) is 7.21. The molecule has 108 valence electrons. The fourth-order valence-electron chi connectivity index (χ4n) is 1.30. The number of hydrogen-bond acceptors (Lipinski definition) is 4. The number of aromatic nitrogens is 1. The van der Waals surface area contributed by atoms with E-state index in [2.05, 4.69) is 15.6 Å². The third kappa shape index (κ3) is 4.80. The largest absolute Gasteiger partial charge is 0.388 e. The van der Waals surface area contributed by atoms with Gasteiger partial charge in [-0.3, -0.25) is 0 Å². The van der Waals surface area contributed by atoms with Crippen LogP contribution in [0.25, 0.3) is 0 Å². The number of nitrogens with zero attached hydrogens (tertiary/aromatic N) is 1. The Morgan fingerprint density at radius 1 is 1.42 bits per heavy atom. The molecule has 1 unspecified atom stereocenters. The summed E-state index contributed by atoms with van der Waals surface area (Å²) in [6.07, 6.45) is 0. The SMILES string of the molecule is Cc1nc(CNC(=O)NCC(C)(O)C(C)C)sc1C. The van der Waals surface area contributed by atoms with Crippen LogP contribution < -0.4 is 10.6 Å². The van der Waals surface area contributed by atoms with Crippen LogP contribution in [-0.2, 0) is 6.54 Å². The van der Waals surface area contributed by atoms with E-state index in [1.54, 1.807) is 18.3 Å². The lowest BCUT2D eigenvalue weighted by Gasteiger charge is -2.27. The van der Waals surface area contributed by atoms with Gasteiger partial charge in [-0.15, -0.1) is 11.3 Å². The third-order valence-corrected chi connectivity index (χ3v) is 4.40. The van der Waals surface area contributed by atoms with Crippen LogP contribution in [0.2, 0.25) is 0 Å². The van der Waals surface area contributed by atoms with Crippen molar-refractivity contribution in [1.82, 2.24) is 15.6 Å². The van der Waals surface area contributed by atoms with Gasteiger partial charge in [-0.2, -0.15) is 0 Å². The number of thiazole rings is 1. The molecule has 1 aromatic heterocycles. The maximum absolute atomic E-state index is 11.6. The van der Waals surface area contributed by atoms with Gasteiger partial charge in [-0.05, 0) is 26.7 Å². The molecule has 1 rings (SSSR count). The minimum atomic E-state index is -0.897. The van der Waals surface area contributed by atoms with Gasteiger partial charge >= 0.3 is 6.03 Å². The van der Waals surface area contributed by atoms with Gasteiger partial charge in [-0.1, -0.05) is 13.8 Å². The van der Waals surface area contributed by atoms with Crippen molar-refractivity contribution in [2.75, 3.05) is 6.54 Å². The lowest BCUT2D eigenvalue weighted by atomic mass is 9.93. The molecule has 19 heavy (non-hydrogen) atoms. The van der Waals surface area contributed by atoms with E-state index in [-0.39, 0.29) is 18.5 Å². The second kappa shape index (κ2) is 6.34. The Labute approximate surface area is 118 Å². The van der Waals surface area contributed by atoms with Gasteiger partial charge < -0.3 is 15.7 Å². The summed E-state index contributed by atoms with van der Waals surface area (Å²) in [5.74, 6) is 0.0806. The quantitative estimate of drug-likeness (QED) is 0.774. The van der Waals surface area contributed by atoms with Crippen LogP contribution in [0.15, 0.2) is 0 Å². The van der Waals surface area contributed by atoms with Crippen molar-refractivity contribution in [2.24, 2.45) is 5.92 Å². The van der Waals surface area contributed by atoms with Crippen molar-refractivity contribution in [3.05, 3.63) is 15.6 Å². The number of aliphatic hydroxyl groups is 1. The number of carbonyl (C=O) groups excluding carboxylic acids is 1. The van der Waals surface area contributed by atoms with E-state index in [4.69, 9.17) is 0 Å². The Morgan fingerprint density at radius 3 is 2.53 bits per heavy atom. The Hall–Kier alpha value is -1.14. The molecule has 1 heterocycles. The maximum Gasteiger partial charge on any atom is 0.315 e. The monoisotopic (exact) mass is 285 g/mol. The van der Waals surface area contributed by atoms with Crippen LogP contribution in [0.4, 0.5) is 4.79 Å². The lowest BCUT2D eigenvalue weighted by Crippen LogP contribution is -2.47. The highest BCUT2D eigenvalue weighted by Crippen LogP contribution is 2.16. The Morgan fingerprint density at radius 2 is 2.05 bits per heavy atom. The van der Waals surface area contributed by atoms with E-state index in [1.807, 2.05) is 27.7 Å². The lowest BCUT2D eigenvalue weighted by molar-refractivity contribution is 0.0166. The normalized spacial score (nSPS) is 14.3. The van der Waals surface area contributed by atoms with Crippen LogP contribution in [0, 0.1) is 19.8 Å². The molecule has 0 aromatic carbocycles. The minimum Gasteiger partial charge on any atom is -0.388 e. The topological polar surface area (TPSA) is 74.2 Å². The molecule has 0 aliphatic carbocycles. The molecule has 6 heteroatoms. The first kappa shape index (κ1) is 15.9. The predicted molar refractivity (Wildman–Crippen MR) is 77.3 cm³/mol. The highest BCUT2D eigenvalue weighted by Gasteiger charge is 2.25. The molecule has 0 aliphatic heterocycles. The van der Waals surface area contributed by atoms with Crippen LogP contribution in [0.1, 0.15) is 36.3 Å². The molecule has 0 saturated heterocycles. The predicted octanol–water partition coefficient (Wildman–Crippen LogP) is 1.97. The van der Waals surface area contributed by atoms with Crippen LogP contribution in [0.5, 0.6) is 0 Å². The zero-order valence-electron chi connectivity index (χ0n) is 12.2. The number of aryl methyl sites for hydroxylation is 2. The molecular formula is C13H23N3O2S. The Bertz CT molecular complexity index is 422. The Balaban J connectivity index is 2.36. The van der Waals surface area contributed by atoms with Gasteiger partial charge in [0.05, 0.1) is 17.8 Å². The summed E-state index contributed by atoms with van der Waals surface area (Å²) in [5.41, 5.74) is 0.107. The fraction of sp³-hybridized carbons (Fsp3) is 0.692. The summed E-state index contributed by atoms with van der Waals surface area (Å²) >= 11 is 1.58. The summed E-state index contributed by atoms with van der Waals surface area (Å²) < 4.78 is 0. The van der Waals surface area contributed by atoms with Crippen molar-refractivity contribution in [3.63, 3.8) is 0 Å². The summed E-state index contributed by atoms with van der Waals surface area (Å²) in [6.45, 7) is 10.2. The van der Waals surface area contributed by atoms with E-state index >= 15 is 0 Å². The van der Waals surface area contributed by atoms with E-state index < -0.39 is 5.60 Å².